The first-order valence-corrected chi connectivity index (χ1v) is 9.38. The first-order chi connectivity index (χ1) is 13.1. The summed E-state index contributed by atoms with van der Waals surface area (Å²) in [5, 5.41) is 6.39. The number of carbonyl (C=O) groups excluding carboxylic acids is 2. The van der Waals surface area contributed by atoms with Crippen LogP contribution in [0.1, 0.15) is 40.0 Å². The molecule has 0 aliphatic carbocycles. The highest BCUT2D eigenvalue weighted by atomic mass is 16.5. The lowest BCUT2D eigenvalue weighted by Crippen LogP contribution is -2.32. The quantitative estimate of drug-likeness (QED) is 0.232. The number of nitrogens with two attached hydrogens (primary N) is 1. The summed E-state index contributed by atoms with van der Waals surface area (Å²) in [7, 11) is 0. The normalized spacial score (nSPS) is 13.9. The maximum absolute atomic E-state index is 11.7. The molecule has 0 aromatic rings. The summed E-state index contributed by atoms with van der Waals surface area (Å²) < 4.78 is 5.38. The van der Waals surface area contributed by atoms with Crippen molar-refractivity contribution in [2.24, 2.45) is 15.9 Å². The number of ether oxygens (including phenoxy) is 1. The van der Waals surface area contributed by atoms with Gasteiger partial charge >= 0.3 is 0 Å². The molecule has 2 amide bonds. The molecule has 0 saturated heterocycles. The van der Waals surface area contributed by atoms with Crippen molar-refractivity contribution >= 4 is 23.7 Å². The van der Waals surface area contributed by atoms with Gasteiger partial charge in [-0.1, -0.05) is 33.8 Å². The van der Waals surface area contributed by atoms with Gasteiger partial charge in [0.25, 0.3) is 5.91 Å². The van der Waals surface area contributed by atoms with Crippen molar-refractivity contribution in [3.63, 3.8) is 0 Å². The van der Waals surface area contributed by atoms with E-state index in [1.165, 1.54) is 11.0 Å². The van der Waals surface area contributed by atoms with Crippen LogP contribution < -0.4 is 11.2 Å². The van der Waals surface area contributed by atoms with Crippen LogP contribution in [0.3, 0.4) is 0 Å². The zero-order chi connectivity index (χ0) is 20.5. The highest BCUT2D eigenvalue weighted by Crippen LogP contribution is 2.12. The smallest absolute Gasteiger partial charge is 0.251 e. The molecule has 1 rings (SSSR count). The number of carbonyl (C=O) groups is 2. The molecule has 0 radical (unpaired) electrons. The van der Waals surface area contributed by atoms with Gasteiger partial charge in [0.05, 0.1) is 25.5 Å². The zero-order valence-electron chi connectivity index (χ0n) is 16.7. The van der Waals surface area contributed by atoms with Crippen LogP contribution >= 0.6 is 0 Å². The summed E-state index contributed by atoms with van der Waals surface area (Å²) in [6.07, 6.45) is 6.75. The van der Waals surface area contributed by atoms with Gasteiger partial charge < -0.3 is 20.8 Å². The predicted octanol–water partition coefficient (Wildman–Crippen LogP) is 1.63. The molecule has 0 spiro atoms. The van der Waals surface area contributed by atoms with E-state index in [0.717, 1.165) is 18.6 Å². The number of rotatable bonds is 12. The number of aliphatic imine (C=N–C) groups is 1. The van der Waals surface area contributed by atoms with E-state index in [1.807, 2.05) is 20.8 Å². The SMILES string of the molecule is C=C1C=CC(=O)N1CCC(=O)NCCOCCN=C/C(CCC)=N\N.CC. The Bertz CT molecular complexity index is 538. The number of hydrogen-bond acceptors (Lipinski definition) is 6. The van der Waals surface area contributed by atoms with Crippen LogP contribution in [-0.2, 0) is 14.3 Å². The molecular formula is C19H33N5O3. The molecule has 0 unspecified atom stereocenters. The lowest BCUT2D eigenvalue weighted by atomic mass is 10.2. The Kier molecular flexibility index (Phi) is 14.3. The summed E-state index contributed by atoms with van der Waals surface area (Å²) in [5.74, 6) is 4.98. The van der Waals surface area contributed by atoms with Crippen LogP contribution in [-0.4, -0.2) is 61.5 Å². The van der Waals surface area contributed by atoms with Crippen LogP contribution in [0.5, 0.6) is 0 Å². The molecule has 0 aromatic heterocycles. The van der Waals surface area contributed by atoms with Gasteiger partial charge in [0, 0.05) is 37.5 Å². The average Bonchev–Trinajstić information content (AvgIpc) is 3.00. The molecule has 1 heterocycles. The van der Waals surface area contributed by atoms with Crippen LogP contribution in [0.2, 0.25) is 0 Å². The Balaban J connectivity index is 0.00000326. The maximum atomic E-state index is 11.7. The Morgan fingerprint density at radius 3 is 2.67 bits per heavy atom. The number of amides is 2. The van der Waals surface area contributed by atoms with Crippen LogP contribution in [0.25, 0.3) is 0 Å². The van der Waals surface area contributed by atoms with Crippen molar-refractivity contribution in [2.75, 3.05) is 32.8 Å². The van der Waals surface area contributed by atoms with Gasteiger partial charge in [0.2, 0.25) is 5.91 Å². The molecule has 27 heavy (non-hydrogen) atoms. The third-order valence-electron chi connectivity index (χ3n) is 3.44. The highest BCUT2D eigenvalue weighted by molar-refractivity contribution is 6.30. The fraction of sp³-hybridized carbons (Fsp3) is 0.579. The molecule has 0 aromatic carbocycles. The number of hydrazone groups is 1. The Labute approximate surface area is 162 Å². The van der Waals surface area contributed by atoms with Crippen molar-refractivity contribution in [3.05, 3.63) is 24.4 Å². The molecule has 0 atom stereocenters. The minimum absolute atomic E-state index is 0.127. The molecule has 1 aliphatic rings. The van der Waals surface area contributed by atoms with E-state index in [-0.39, 0.29) is 18.2 Å². The van der Waals surface area contributed by atoms with Gasteiger partial charge in [0.15, 0.2) is 0 Å². The third kappa shape index (κ3) is 11.0. The molecule has 152 valence electrons. The van der Waals surface area contributed by atoms with Crippen molar-refractivity contribution < 1.29 is 14.3 Å². The highest BCUT2D eigenvalue weighted by Gasteiger charge is 2.18. The van der Waals surface area contributed by atoms with E-state index in [0.29, 0.717) is 38.5 Å². The summed E-state index contributed by atoms with van der Waals surface area (Å²) in [5.41, 5.74) is 1.38. The molecule has 0 fully saturated rings. The van der Waals surface area contributed by atoms with Gasteiger partial charge in [-0.05, 0) is 12.5 Å². The second-order valence-corrected chi connectivity index (χ2v) is 5.43. The van der Waals surface area contributed by atoms with Gasteiger partial charge in [-0.3, -0.25) is 14.6 Å². The third-order valence-corrected chi connectivity index (χ3v) is 3.44. The van der Waals surface area contributed by atoms with E-state index >= 15 is 0 Å². The topological polar surface area (TPSA) is 109 Å². The second kappa shape index (κ2) is 15.7. The zero-order valence-corrected chi connectivity index (χ0v) is 16.7. The lowest BCUT2D eigenvalue weighted by molar-refractivity contribution is -0.124. The van der Waals surface area contributed by atoms with E-state index < -0.39 is 0 Å². The second-order valence-electron chi connectivity index (χ2n) is 5.43. The first kappa shape index (κ1) is 24.5. The molecule has 0 saturated carbocycles. The number of allylic oxidation sites excluding steroid dienone is 1. The van der Waals surface area contributed by atoms with E-state index in [2.05, 4.69) is 22.0 Å². The van der Waals surface area contributed by atoms with Crippen LogP contribution in [0.4, 0.5) is 0 Å². The number of nitrogens with zero attached hydrogens (tertiary/aromatic N) is 3. The van der Waals surface area contributed by atoms with Gasteiger partial charge in [0.1, 0.15) is 0 Å². The van der Waals surface area contributed by atoms with Crippen LogP contribution in [0, 0.1) is 0 Å². The van der Waals surface area contributed by atoms with Crippen molar-refractivity contribution in [3.8, 4) is 0 Å². The average molecular weight is 380 g/mol. The standard InChI is InChI=1S/C17H27N5O3.C2H6/c1-3-4-15(21-18)13-19-8-11-25-12-9-20-16(23)7-10-22-14(2)5-6-17(22)24;1-2/h5-6,13H,2-4,7-12,18H2,1H3,(H,20,23);1-2H3/b19-13?,21-15-;. The molecule has 0 bridgehead atoms. The Hall–Kier alpha value is -2.48. The molecular weight excluding hydrogens is 346 g/mol. The lowest BCUT2D eigenvalue weighted by Gasteiger charge is -2.16. The molecule has 8 nitrogen and oxygen atoms in total. The van der Waals surface area contributed by atoms with Gasteiger partial charge in [-0.2, -0.15) is 5.10 Å². The molecule has 3 N–H and O–H groups in total. The fourth-order valence-electron chi connectivity index (χ4n) is 2.11. The van der Waals surface area contributed by atoms with E-state index in [1.54, 1.807) is 12.3 Å². The summed E-state index contributed by atoms with van der Waals surface area (Å²) in [6.45, 7) is 11.9. The Morgan fingerprint density at radius 1 is 1.33 bits per heavy atom. The largest absolute Gasteiger partial charge is 0.378 e. The van der Waals surface area contributed by atoms with Gasteiger partial charge in [-0.25, -0.2) is 0 Å². The first-order valence-electron chi connectivity index (χ1n) is 9.38. The minimum Gasteiger partial charge on any atom is -0.378 e. The molecule has 1 aliphatic heterocycles. The van der Waals surface area contributed by atoms with Crippen molar-refractivity contribution in [1.82, 2.24) is 10.2 Å². The summed E-state index contributed by atoms with van der Waals surface area (Å²) in [4.78, 5) is 28.9. The van der Waals surface area contributed by atoms with Crippen molar-refractivity contribution in [1.29, 1.82) is 0 Å². The van der Waals surface area contributed by atoms with E-state index in [9.17, 15) is 9.59 Å². The van der Waals surface area contributed by atoms with Crippen molar-refractivity contribution in [2.45, 2.75) is 40.0 Å². The van der Waals surface area contributed by atoms with Gasteiger partial charge in [-0.15, -0.1) is 0 Å². The number of nitrogens with one attached hydrogen (secondary N) is 1. The summed E-state index contributed by atoms with van der Waals surface area (Å²) >= 11 is 0. The Morgan fingerprint density at radius 2 is 2.07 bits per heavy atom. The minimum atomic E-state index is -0.136. The van der Waals surface area contributed by atoms with E-state index in [4.69, 9.17) is 10.6 Å². The predicted molar refractivity (Wildman–Crippen MR) is 110 cm³/mol. The molecule has 8 heteroatoms. The monoisotopic (exact) mass is 379 g/mol. The summed E-state index contributed by atoms with van der Waals surface area (Å²) in [6, 6.07) is 0. The van der Waals surface area contributed by atoms with Crippen LogP contribution in [0.15, 0.2) is 34.5 Å². The number of hydrogen-bond donors (Lipinski definition) is 2. The fourth-order valence-corrected chi connectivity index (χ4v) is 2.11. The maximum Gasteiger partial charge on any atom is 0.251 e.